The molecule has 0 aliphatic rings. The summed E-state index contributed by atoms with van der Waals surface area (Å²) < 4.78 is 1.47. The molecule has 0 fully saturated rings. The summed E-state index contributed by atoms with van der Waals surface area (Å²) in [4.78, 5) is 0. The van der Waals surface area contributed by atoms with Crippen molar-refractivity contribution in [3.63, 3.8) is 0 Å². The Hall–Kier alpha value is -0.200. The van der Waals surface area contributed by atoms with Gasteiger partial charge in [-0.05, 0) is 25.5 Å². The lowest BCUT2D eigenvalue weighted by atomic mass is 10.2. The Labute approximate surface area is 98.4 Å². The zero-order valence-corrected chi connectivity index (χ0v) is 10.4. The molecule has 0 saturated carbocycles. The topological polar surface area (TPSA) is 12.0 Å². The number of nitrogens with one attached hydrogen (secondary N) is 1. The van der Waals surface area contributed by atoms with Crippen molar-refractivity contribution in [1.29, 1.82) is 0 Å². The molecule has 1 aromatic rings. The Morgan fingerprint density at radius 3 is 2.79 bits per heavy atom. The average Bonchev–Trinajstić information content (AvgIpc) is 2.45. The molecule has 0 saturated heterocycles. The Bertz CT molecular complexity index is 362. The van der Waals surface area contributed by atoms with Crippen LogP contribution in [-0.2, 0) is 0 Å². The molecule has 4 heteroatoms. The Morgan fingerprint density at radius 2 is 2.29 bits per heavy atom. The summed E-state index contributed by atoms with van der Waals surface area (Å²) in [5.74, 6) is 5.77. The van der Waals surface area contributed by atoms with Gasteiger partial charge < -0.3 is 0 Å². The third-order valence-electron chi connectivity index (χ3n) is 1.82. The molecule has 0 radical (unpaired) electrons. The Kier molecular flexibility index (Phi) is 4.77. The lowest BCUT2D eigenvalue weighted by Crippen LogP contribution is -2.18. The van der Waals surface area contributed by atoms with Crippen LogP contribution in [0.15, 0.2) is 6.07 Å². The van der Waals surface area contributed by atoms with Crippen LogP contribution >= 0.6 is 34.5 Å². The lowest BCUT2D eigenvalue weighted by Gasteiger charge is -2.10. The number of halogens is 2. The van der Waals surface area contributed by atoms with Crippen LogP contribution in [-0.4, -0.2) is 6.54 Å². The molecule has 1 rings (SSSR count). The maximum atomic E-state index is 6.01. The monoisotopic (exact) mass is 247 g/mol. The number of thiophene rings is 1. The first-order valence-electron chi connectivity index (χ1n) is 4.23. The molecule has 0 aliphatic heterocycles. The SMILES string of the molecule is CC#CCNC(C)c1cc(Cl)sc1Cl. The highest BCUT2D eigenvalue weighted by atomic mass is 35.5. The molecule has 0 bridgehead atoms. The molecule has 0 aliphatic carbocycles. The van der Waals surface area contributed by atoms with Gasteiger partial charge in [0.15, 0.2) is 0 Å². The molecule has 1 heterocycles. The van der Waals surface area contributed by atoms with E-state index in [4.69, 9.17) is 23.2 Å². The van der Waals surface area contributed by atoms with Gasteiger partial charge in [-0.1, -0.05) is 29.1 Å². The first-order valence-corrected chi connectivity index (χ1v) is 5.80. The highest BCUT2D eigenvalue weighted by molar-refractivity contribution is 7.20. The second-order valence-corrected chi connectivity index (χ2v) is 5.09. The van der Waals surface area contributed by atoms with E-state index in [2.05, 4.69) is 17.2 Å². The second kappa shape index (κ2) is 5.63. The standard InChI is InChI=1S/C10H11Cl2NS/c1-3-4-5-13-7(2)8-6-9(11)14-10(8)12/h6-7,13H,5H2,1-2H3. The minimum Gasteiger partial charge on any atom is -0.300 e. The zero-order chi connectivity index (χ0) is 10.6. The van der Waals surface area contributed by atoms with Crippen molar-refractivity contribution in [2.75, 3.05) is 6.54 Å². The Balaban J connectivity index is 2.62. The van der Waals surface area contributed by atoms with E-state index in [0.717, 1.165) is 14.2 Å². The van der Waals surface area contributed by atoms with E-state index in [9.17, 15) is 0 Å². The molecular formula is C10H11Cl2NS. The van der Waals surface area contributed by atoms with Crippen LogP contribution in [0.25, 0.3) is 0 Å². The normalized spacial score (nSPS) is 12.0. The predicted octanol–water partition coefficient (Wildman–Crippen LogP) is 3.73. The lowest BCUT2D eigenvalue weighted by molar-refractivity contribution is 0.625. The van der Waals surface area contributed by atoms with Gasteiger partial charge in [-0.25, -0.2) is 0 Å². The van der Waals surface area contributed by atoms with E-state index < -0.39 is 0 Å². The molecular weight excluding hydrogens is 237 g/mol. The van der Waals surface area contributed by atoms with Crippen LogP contribution in [0, 0.1) is 11.8 Å². The maximum Gasteiger partial charge on any atom is 0.0991 e. The van der Waals surface area contributed by atoms with Gasteiger partial charge in [0.1, 0.15) is 0 Å². The van der Waals surface area contributed by atoms with E-state index in [0.29, 0.717) is 6.54 Å². The van der Waals surface area contributed by atoms with Gasteiger partial charge >= 0.3 is 0 Å². The van der Waals surface area contributed by atoms with Crippen LogP contribution in [0.3, 0.4) is 0 Å². The fraction of sp³-hybridized carbons (Fsp3) is 0.400. The highest BCUT2D eigenvalue weighted by Gasteiger charge is 2.11. The van der Waals surface area contributed by atoms with E-state index in [1.807, 2.05) is 19.9 Å². The fourth-order valence-electron chi connectivity index (χ4n) is 1.05. The smallest absolute Gasteiger partial charge is 0.0991 e. The summed E-state index contributed by atoms with van der Waals surface area (Å²) in [6, 6.07) is 2.08. The third kappa shape index (κ3) is 3.18. The number of hydrogen-bond donors (Lipinski definition) is 1. The van der Waals surface area contributed by atoms with Crippen molar-refractivity contribution in [2.45, 2.75) is 19.9 Å². The van der Waals surface area contributed by atoms with Crippen molar-refractivity contribution < 1.29 is 0 Å². The molecule has 1 atom stereocenters. The second-order valence-electron chi connectivity index (χ2n) is 2.81. The maximum absolute atomic E-state index is 6.01. The molecule has 0 aromatic carbocycles. The van der Waals surface area contributed by atoms with E-state index >= 15 is 0 Å². The molecule has 1 unspecified atom stereocenters. The summed E-state index contributed by atoms with van der Waals surface area (Å²) in [7, 11) is 0. The van der Waals surface area contributed by atoms with Crippen LogP contribution in [0.4, 0.5) is 0 Å². The number of rotatable bonds is 3. The molecule has 1 aromatic heterocycles. The minimum absolute atomic E-state index is 0.187. The van der Waals surface area contributed by atoms with Crippen LogP contribution < -0.4 is 5.32 Å². The molecule has 14 heavy (non-hydrogen) atoms. The summed E-state index contributed by atoms with van der Waals surface area (Å²) >= 11 is 13.3. The molecule has 76 valence electrons. The molecule has 1 N–H and O–H groups in total. The average molecular weight is 248 g/mol. The van der Waals surface area contributed by atoms with E-state index in [-0.39, 0.29) is 6.04 Å². The zero-order valence-electron chi connectivity index (χ0n) is 8.03. The van der Waals surface area contributed by atoms with Gasteiger partial charge in [0.25, 0.3) is 0 Å². The molecule has 0 amide bonds. The van der Waals surface area contributed by atoms with E-state index in [1.165, 1.54) is 11.3 Å². The first kappa shape index (κ1) is 11.9. The minimum atomic E-state index is 0.187. The molecule has 1 nitrogen and oxygen atoms in total. The van der Waals surface area contributed by atoms with Gasteiger partial charge in [-0.2, -0.15) is 0 Å². The van der Waals surface area contributed by atoms with Gasteiger partial charge in [-0.3, -0.25) is 5.32 Å². The fourth-order valence-corrected chi connectivity index (χ4v) is 2.70. The quantitative estimate of drug-likeness (QED) is 0.803. The van der Waals surface area contributed by atoms with Crippen molar-refractivity contribution in [3.05, 3.63) is 20.3 Å². The van der Waals surface area contributed by atoms with Gasteiger partial charge in [0, 0.05) is 6.04 Å². The van der Waals surface area contributed by atoms with Crippen LogP contribution in [0.1, 0.15) is 25.5 Å². The van der Waals surface area contributed by atoms with Crippen molar-refractivity contribution in [2.24, 2.45) is 0 Å². The summed E-state index contributed by atoms with van der Waals surface area (Å²) in [6.45, 7) is 4.53. The first-order chi connectivity index (χ1) is 6.65. The summed E-state index contributed by atoms with van der Waals surface area (Å²) in [5.41, 5.74) is 1.04. The number of hydrogen-bond acceptors (Lipinski definition) is 2. The van der Waals surface area contributed by atoms with Gasteiger partial charge in [0.05, 0.1) is 15.2 Å². The predicted molar refractivity (Wildman–Crippen MR) is 64.2 cm³/mol. The van der Waals surface area contributed by atoms with Crippen molar-refractivity contribution >= 4 is 34.5 Å². The third-order valence-corrected chi connectivity index (χ3v) is 3.34. The van der Waals surface area contributed by atoms with Gasteiger partial charge in [-0.15, -0.1) is 17.3 Å². The summed E-state index contributed by atoms with van der Waals surface area (Å²) in [6.07, 6.45) is 0. The largest absolute Gasteiger partial charge is 0.300 e. The molecule has 0 spiro atoms. The van der Waals surface area contributed by atoms with Crippen molar-refractivity contribution in [1.82, 2.24) is 5.32 Å². The van der Waals surface area contributed by atoms with Gasteiger partial charge in [0.2, 0.25) is 0 Å². The highest BCUT2D eigenvalue weighted by Crippen LogP contribution is 2.34. The van der Waals surface area contributed by atoms with Crippen LogP contribution in [0.5, 0.6) is 0 Å². The Morgan fingerprint density at radius 1 is 1.57 bits per heavy atom. The van der Waals surface area contributed by atoms with E-state index in [1.54, 1.807) is 0 Å². The van der Waals surface area contributed by atoms with Crippen molar-refractivity contribution in [3.8, 4) is 11.8 Å². The van der Waals surface area contributed by atoms with Crippen LogP contribution in [0.2, 0.25) is 8.67 Å². The summed E-state index contributed by atoms with van der Waals surface area (Å²) in [5, 5.41) is 3.24.